The molecule has 0 aliphatic heterocycles. The van der Waals surface area contributed by atoms with E-state index in [1.807, 2.05) is 53.2 Å². The van der Waals surface area contributed by atoms with Crippen LogP contribution < -0.4 is 0 Å². The number of halogens is 1. The van der Waals surface area contributed by atoms with Crippen LogP contribution in [0.5, 0.6) is 0 Å². The number of hydrogen-bond donors (Lipinski definition) is 1. The van der Waals surface area contributed by atoms with Crippen molar-refractivity contribution in [1.82, 2.24) is 4.57 Å². The maximum absolute atomic E-state index is 11.0. The third kappa shape index (κ3) is 3.70. The number of nitrogens with zero attached hydrogens (tertiary/aromatic N) is 2. The SMILES string of the molecule is N#CC(=Cc1cccn1-c1ccc(C(=O)O)cc1)c1cccc(Br)c1. The Labute approximate surface area is 153 Å². The number of hydrogen-bond acceptors (Lipinski definition) is 2. The highest BCUT2D eigenvalue weighted by molar-refractivity contribution is 9.10. The summed E-state index contributed by atoms with van der Waals surface area (Å²) in [6.45, 7) is 0. The lowest BCUT2D eigenvalue weighted by Crippen LogP contribution is -1.99. The maximum atomic E-state index is 11.0. The highest BCUT2D eigenvalue weighted by Gasteiger charge is 2.07. The molecular formula is C20H13BrN2O2. The van der Waals surface area contributed by atoms with Gasteiger partial charge >= 0.3 is 5.97 Å². The molecule has 1 N–H and O–H groups in total. The molecule has 1 heterocycles. The summed E-state index contributed by atoms with van der Waals surface area (Å²) in [6.07, 6.45) is 3.68. The summed E-state index contributed by atoms with van der Waals surface area (Å²) >= 11 is 3.42. The third-order valence-electron chi connectivity index (χ3n) is 3.72. The molecule has 0 saturated carbocycles. The quantitative estimate of drug-likeness (QED) is 0.635. The molecule has 0 amide bonds. The van der Waals surface area contributed by atoms with Gasteiger partial charge in [0.1, 0.15) is 0 Å². The summed E-state index contributed by atoms with van der Waals surface area (Å²) in [6, 6.07) is 20.2. The average Bonchev–Trinajstić information content (AvgIpc) is 3.08. The van der Waals surface area contributed by atoms with Gasteiger partial charge in [-0.2, -0.15) is 5.26 Å². The predicted molar refractivity (Wildman–Crippen MR) is 100 cm³/mol. The van der Waals surface area contributed by atoms with Gasteiger partial charge in [0.2, 0.25) is 0 Å². The van der Waals surface area contributed by atoms with E-state index in [0.717, 1.165) is 21.4 Å². The van der Waals surface area contributed by atoms with Crippen LogP contribution in [0, 0.1) is 11.3 Å². The van der Waals surface area contributed by atoms with E-state index in [2.05, 4.69) is 22.0 Å². The number of carbonyl (C=O) groups is 1. The Balaban J connectivity index is 2.01. The molecule has 1 aromatic heterocycles. The van der Waals surface area contributed by atoms with E-state index in [1.165, 1.54) is 0 Å². The van der Waals surface area contributed by atoms with Crippen molar-refractivity contribution in [2.24, 2.45) is 0 Å². The fraction of sp³-hybridized carbons (Fsp3) is 0. The third-order valence-corrected chi connectivity index (χ3v) is 4.21. The van der Waals surface area contributed by atoms with Crippen molar-refractivity contribution in [3.05, 3.63) is 88.2 Å². The minimum atomic E-state index is -0.958. The van der Waals surface area contributed by atoms with Crippen molar-refractivity contribution in [2.75, 3.05) is 0 Å². The molecule has 4 nitrogen and oxygen atoms in total. The van der Waals surface area contributed by atoms with Crippen LogP contribution in [-0.2, 0) is 0 Å². The molecule has 0 aliphatic rings. The van der Waals surface area contributed by atoms with Crippen LogP contribution in [0.15, 0.2) is 71.3 Å². The molecule has 5 heteroatoms. The molecule has 122 valence electrons. The van der Waals surface area contributed by atoms with Crippen molar-refractivity contribution in [1.29, 1.82) is 5.26 Å². The molecule has 0 spiro atoms. The van der Waals surface area contributed by atoms with Gasteiger partial charge in [-0.25, -0.2) is 4.79 Å². The molecular weight excluding hydrogens is 380 g/mol. The van der Waals surface area contributed by atoms with Crippen LogP contribution in [0.2, 0.25) is 0 Å². The van der Waals surface area contributed by atoms with E-state index in [-0.39, 0.29) is 5.56 Å². The standard InChI is InChI=1S/C20H13BrN2O2/c21-17-4-1-3-15(11-17)16(13-22)12-19-5-2-10-23(19)18-8-6-14(7-9-18)20(24)25/h1-12H,(H,24,25). The lowest BCUT2D eigenvalue weighted by atomic mass is 10.1. The largest absolute Gasteiger partial charge is 0.478 e. The Bertz CT molecular complexity index is 995. The van der Waals surface area contributed by atoms with E-state index in [0.29, 0.717) is 5.57 Å². The lowest BCUT2D eigenvalue weighted by Gasteiger charge is -2.08. The highest BCUT2D eigenvalue weighted by Crippen LogP contribution is 2.23. The summed E-state index contributed by atoms with van der Waals surface area (Å²) in [5.74, 6) is -0.958. The number of carboxylic acid groups (broad SMARTS) is 1. The summed E-state index contributed by atoms with van der Waals surface area (Å²) in [5, 5.41) is 18.5. The summed E-state index contributed by atoms with van der Waals surface area (Å²) in [7, 11) is 0. The smallest absolute Gasteiger partial charge is 0.335 e. The zero-order valence-corrected chi connectivity index (χ0v) is 14.6. The van der Waals surface area contributed by atoms with Gasteiger partial charge in [-0.1, -0.05) is 28.1 Å². The number of carboxylic acids is 1. The first-order valence-electron chi connectivity index (χ1n) is 7.47. The van der Waals surface area contributed by atoms with E-state index in [1.54, 1.807) is 24.3 Å². The lowest BCUT2D eigenvalue weighted by molar-refractivity contribution is 0.0697. The number of rotatable bonds is 4. The molecule has 25 heavy (non-hydrogen) atoms. The first-order chi connectivity index (χ1) is 12.1. The fourth-order valence-electron chi connectivity index (χ4n) is 2.50. The summed E-state index contributed by atoms with van der Waals surface area (Å²) in [4.78, 5) is 11.0. The van der Waals surface area contributed by atoms with Crippen LogP contribution in [0.4, 0.5) is 0 Å². The van der Waals surface area contributed by atoms with Crippen molar-refractivity contribution in [3.63, 3.8) is 0 Å². The van der Waals surface area contributed by atoms with Crippen LogP contribution in [0.25, 0.3) is 17.3 Å². The topological polar surface area (TPSA) is 66.0 Å². The Kier molecular flexibility index (Phi) is 4.82. The molecule has 0 aliphatic carbocycles. The Morgan fingerprint density at radius 1 is 1.08 bits per heavy atom. The highest BCUT2D eigenvalue weighted by atomic mass is 79.9. The Hall–Kier alpha value is -3.10. The fourth-order valence-corrected chi connectivity index (χ4v) is 2.89. The van der Waals surface area contributed by atoms with Crippen LogP contribution in [-0.4, -0.2) is 15.6 Å². The number of nitriles is 1. The number of aromatic carboxylic acids is 1. The molecule has 0 radical (unpaired) electrons. The molecule has 0 fully saturated rings. The molecule has 3 rings (SSSR count). The number of benzene rings is 2. The van der Waals surface area contributed by atoms with Crippen molar-refractivity contribution in [2.45, 2.75) is 0 Å². The van der Waals surface area contributed by atoms with Gasteiger partial charge in [0, 0.05) is 22.1 Å². The van der Waals surface area contributed by atoms with E-state index < -0.39 is 5.97 Å². The zero-order valence-electron chi connectivity index (χ0n) is 13.1. The number of allylic oxidation sites excluding steroid dienone is 1. The van der Waals surface area contributed by atoms with Gasteiger partial charge in [-0.3, -0.25) is 0 Å². The summed E-state index contributed by atoms with van der Waals surface area (Å²) < 4.78 is 2.81. The second-order valence-electron chi connectivity index (χ2n) is 5.34. The number of aromatic nitrogens is 1. The van der Waals surface area contributed by atoms with E-state index in [9.17, 15) is 10.1 Å². The summed E-state index contributed by atoms with van der Waals surface area (Å²) in [5.41, 5.74) is 3.27. The van der Waals surface area contributed by atoms with Crippen molar-refractivity contribution < 1.29 is 9.90 Å². The van der Waals surface area contributed by atoms with Crippen LogP contribution in [0.1, 0.15) is 21.6 Å². The van der Waals surface area contributed by atoms with Crippen LogP contribution in [0.3, 0.4) is 0 Å². The first-order valence-corrected chi connectivity index (χ1v) is 8.26. The maximum Gasteiger partial charge on any atom is 0.335 e. The minimum absolute atomic E-state index is 0.236. The predicted octanol–water partition coefficient (Wildman–Crippen LogP) is 5.00. The Morgan fingerprint density at radius 2 is 1.84 bits per heavy atom. The van der Waals surface area contributed by atoms with E-state index >= 15 is 0 Å². The van der Waals surface area contributed by atoms with Gasteiger partial charge in [0.25, 0.3) is 0 Å². The average molecular weight is 393 g/mol. The van der Waals surface area contributed by atoms with Gasteiger partial charge in [-0.05, 0) is 60.2 Å². The van der Waals surface area contributed by atoms with Gasteiger partial charge < -0.3 is 9.67 Å². The first kappa shape index (κ1) is 16.7. The van der Waals surface area contributed by atoms with Crippen molar-refractivity contribution in [3.8, 4) is 11.8 Å². The molecule has 2 aromatic carbocycles. The van der Waals surface area contributed by atoms with Crippen LogP contribution >= 0.6 is 15.9 Å². The molecule has 0 unspecified atom stereocenters. The molecule has 0 bridgehead atoms. The minimum Gasteiger partial charge on any atom is -0.478 e. The zero-order chi connectivity index (χ0) is 17.8. The van der Waals surface area contributed by atoms with Gasteiger partial charge in [0.05, 0.1) is 17.2 Å². The monoisotopic (exact) mass is 392 g/mol. The van der Waals surface area contributed by atoms with E-state index in [4.69, 9.17) is 5.11 Å². The molecule has 0 saturated heterocycles. The van der Waals surface area contributed by atoms with Gasteiger partial charge in [-0.15, -0.1) is 0 Å². The normalized spacial score (nSPS) is 11.1. The molecule has 0 atom stereocenters. The van der Waals surface area contributed by atoms with Crippen molar-refractivity contribution >= 4 is 33.5 Å². The second kappa shape index (κ2) is 7.20. The second-order valence-corrected chi connectivity index (χ2v) is 6.25. The Morgan fingerprint density at radius 3 is 2.48 bits per heavy atom. The molecule has 3 aromatic rings. The van der Waals surface area contributed by atoms with Gasteiger partial charge in [0.15, 0.2) is 0 Å².